The fraction of sp³-hybridized carbons (Fsp3) is 0.478. The van der Waals surface area contributed by atoms with Crippen LogP contribution in [0.2, 0.25) is 0 Å². The lowest BCUT2D eigenvalue weighted by Crippen LogP contribution is -2.46. The number of rotatable bonds is 5. The van der Waals surface area contributed by atoms with Crippen molar-refractivity contribution in [1.29, 1.82) is 0 Å². The predicted octanol–water partition coefficient (Wildman–Crippen LogP) is 4.60. The number of methoxy groups -OCH3 is 1. The minimum absolute atomic E-state index is 0. The monoisotopic (exact) mass is 522 g/mol. The zero-order valence-electron chi connectivity index (χ0n) is 17.7. The molecule has 7 heteroatoms. The number of benzene rings is 1. The smallest absolute Gasteiger partial charge is 0.213 e. The Bertz CT molecular complexity index is 868. The maximum atomic E-state index is 6.48. The Kier molecular flexibility index (Phi) is 7.80. The minimum Gasteiger partial charge on any atom is -0.487 e. The summed E-state index contributed by atoms with van der Waals surface area (Å²) in [6.07, 6.45) is 5.70. The number of nitrogens with zero attached hydrogens (tertiary/aromatic N) is 2. The molecule has 0 radical (unpaired) electrons. The van der Waals surface area contributed by atoms with Crippen LogP contribution in [0.1, 0.15) is 56.3 Å². The fourth-order valence-corrected chi connectivity index (χ4v) is 4.38. The Hall–Kier alpha value is -2.03. The van der Waals surface area contributed by atoms with Crippen molar-refractivity contribution in [3.05, 3.63) is 53.7 Å². The van der Waals surface area contributed by atoms with Gasteiger partial charge in [0.05, 0.1) is 25.4 Å². The van der Waals surface area contributed by atoms with Crippen LogP contribution in [-0.2, 0) is 6.54 Å². The van der Waals surface area contributed by atoms with Gasteiger partial charge in [-0.3, -0.25) is 0 Å². The number of pyridine rings is 1. The molecular formula is C23H31IN4O2. The maximum absolute atomic E-state index is 6.48. The molecule has 2 aromatic rings. The third-order valence-corrected chi connectivity index (χ3v) is 5.76. The van der Waals surface area contributed by atoms with E-state index in [1.165, 1.54) is 18.4 Å². The summed E-state index contributed by atoms with van der Waals surface area (Å²) in [5, 5.41) is 7.04. The van der Waals surface area contributed by atoms with Crippen molar-refractivity contribution in [3.8, 4) is 11.6 Å². The molecule has 0 bridgehead atoms. The zero-order chi connectivity index (χ0) is 20.1. The average molecular weight is 522 g/mol. The van der Waals surface area contributed by atoms with Crippen molar-refractivity contribution in [3.63, 3.8) is 0 Å². The lowest BCUT2D eigenvalue weighted by Gasteiger charge is -2.40. The molecular weight excluding hydrogens is 491 g/mol. The lowest BCUT2D eigenvalue weighted by atomic mass is 9.86. The molecule has 2 aliphatic rings. The molecule has 162 valence electrons. The van der Waals surface area contributed by atoms with Crippen molar-refractivity contribution in [2.75, 3.05) is 13.7 Å². The molecule has 2 heterocycles. The quantitative estimate of drug-likeness (QED) is 0.342. The lowest BCUT2D eigenvalue weighted by molar-refractivity contribution is 0.0396. The van der Waals surface area contributed by atoms with Crippen LogP contribution in [-0.4, -0.2) is 30.2 Å². The number of guanidine groups is 1. The van der Waals surface area contributed by atoms with Crippen LogP contribution in [0.3, 0.4) is 0 Å². The molecule has 1 aromatic carbocycles. The largest absolute Gasteiger partial charge is 0.487 e. The molecule has 0 amide bonds. The highest BCUT2D eigenvalue weighted by Crippen LogP contribution is 2.46. The first kappa shape index (κ1) is 22.7. The van der Waals surface area contributed by atoms with Crippen LogP contribution in [0.5, 0.6) is 11.6 Å². The minimum atomic E-state index is -0.0440. The second-order valence-corrected chi connectivity index (χ2v) is 7.80. The molecule has 1 unspecified atom stereocenters. The van der Waals surface area contributed by atoms with Gasteiger partial charge in [-0.1, -0.05) is 24.3 Å². The van der Waals surface area contributed by atoms with Crippen LogP contribution < -0.4 is 20.1 Å². The van der Waals surface area contributed by atoms with E-state index in [1.807, 2.05) is 18.2 Å². The standard InChI is InChI=1S/C23H30N4O2.HI/c1-3-24-22(25-16-17-9-8-12-21(26-17)28-2)27-19-15-23(13-6-7-14-23)29-20-11-5-4-10-18(19)20;/h4-5,8-12,19H,3,6-7,13-16H2,1-2H3,(H2,24,25,27);1H. The summed E-state index contributed by atoms with van der Waals surface area (Å²) in [7, 11) is 1.63. The topological polar surface area (TPSA) is 67.8 Å². The number of fused-ring (bicyclic) bond motifs is 1. The first-order chi connectivity index (χ1) is 14.2. The molecule has 1 fully saturated rings. The molecule has 6 nitrogen and oxygen atoms in total. The van der Waals surface area contributed by atoms with E-state index in [0.717, 1.165) is 43.2 Å². The van der Waals surface area contributed by atoms with E-state index >= 15 is 0 Å². The van der Waals surface area contributed by atoms with Gasteiger partial charge in [0.2, 0.25) is 5.88 Å². The van der Waals surface area contributed by atoms with E-state index in [1.54, 1.807) is 7.11 Å². The highest BCUT2D eigenvalue weighted by Gasteiger charge is 2.43. The number of nitrogens with one attached hydrogen (secondary N) is 2. The van der Waals surface area contributed by atoms with E-state index in [0.29, 0.717) is 12.4 Å². The van der Waals surface area contributed by atoms with Crippen molar-refractivity contribution >= 4 is 29.9 Å². The first-order valence-electron chi connectivity index (χ1n) is 10.5. The first-order valence-corrected chi connectivity index (χ1v) is 10.5. The Morgan fingerprint density at radius 2 is 2.00 bits per heavy atom. The summed E-state index contributed by atoms with van der Waals surface area (Å²) >= 11 is 0. The second-order valence-electron chi connectivity index (χ2n) is 7.80. The Morgan fingerprint density at radius 3 is 2.77 bits per heavy atom. The van der Waals surface area contributed by atoms with Gasteiger partial charge in [0, 0.05) is 24.6 Å². The fourth-order valence-electron chi connectivity index (χ4n) is 4.38. The normalized spacial score (nSPS) is 19.4. The maximum Gasteiger partial charge on any atom is 0.213 e. The molecule has 0 saturated heterocycles. The number of halogens is 1. The molecule has 1 aliphatic heterocycles. The summed E-state index contributed by atoms with van der Waals surface area (Å²) in [5.74, 6) is 2.41. The molecule has 1 atom stereocenters. The summed E-state index contributed by atoms with van der Waals surface area (Å²) in [4.78, 5) is 9.24. The summed E-state index contributed by atoms with van der Waals surface area (Å²) in [6, 6.07) is 14.3. The molecule has 4 rings (SSSR count). The van der Waals surface area contributed by atoms with Gasteiger partial charge in [-0.25, -0.2) is 9.98 Å². The predicted molar refractivity (Wildman–Crippen MR) is 130 cm³/mol. The van der Waals surface area contributed by atoms with Crippen LogP contribution in [0, 0.1) is 0 Å². The number of hydrogen-bond acceptors (Lipinski definition) is 4. The van der Waals surface area contributed by atoms with Crippen LogP contribution in [0.15, 0.2) is 47.5 Å². The number of para-hydroxylation sites is 1. The van der Waals surface area contributed by atoms with Crippen LogP contribution >= 0.6 is 24.0 Å². The van der Waals surface area contributed by atoms with E-state index in [-0.39, 0.29) is 35.6 Å². The Labute approximate surface area is 195 Å². The SMILES string of the molecule is CCNC(=NCc1cccc(OC)n1)NC1CC2(CCCC2)Oc2ccccc21.I. The van der Waals surface area contributed by atoms with Gasteiger partial charge in [-0.2, -0.15) is 0 Å². The molecule has 30 heavy (non-hydrogen) atoms. The van der Waals surface area contributed by atoms with Gasteiger partial charge >= 0.3 is 0 Å². The van der Waals surface area contributed by atoms with Crippen molar-refractivity contribution in [2.24, 2.45) is 4.99 Å². The summed E-state index contributed by atoms with van der Waals surface area (Å²) in [5.41, 5.74) is 2.04. The van der Waals surface area contributed by atoms with E-state index in [2.05, 4.69) is 46.8 Å². The second kappa shape index (κ2) is 10.3. The van der Waals surface area contributed by atoms with Gasteiger partial charge in [0.1, 0.15) is 11.4 Å². The Balaban J connectivity index is 0.00000256. The zero-order valence-corrected chi connectivity index (χ0v) is 20.0. The highest BCUT2D eigenvalue weighted by molar-refractivity contribution is 14.0. The van der Waals surface area contributed by atoms with Gasteiger partial charge in [-0.15, -0.1) is 24.0 Å². The summed E-state index contributed by atoms with van der Waals surface area (Å²) < 4.78 is 11.7. The molecule has 1 aliphatic carbocycles. The number of aliphatic imine (C=N–C) groups is 1. The van der Waals surface area contributed by atoms with E-state index in [9.17, 15) is 0 Å². The number of ether oxygens (including phenoxy) is 2. The van der Waals surface area contributed by atoms with Crippen molar-refractivity contribution in [2.45, 2.75) is 57.2 Å². The highest BCUT2D eigenvalue weighted by atomic mass is 127. The van der Waals surface area contributed by atoms with E-state index in [4.69, 9.17) is 14.5 Å². The van der Waals surface area contributed by atoms with Gasteiger partial charge in [0.25, 0.3) is 0 Å². The number of hydrogen-bond donors (Lipinski definition) is 2. The third-order valence-electron chi connectivity index (χ3n) is 5.76. The molecule has 1 saturated carbocycles. The van der Waals surface area contributed by atoms with E-state index < -0.39 is 0 Å². The van der Waals surface area contributed by atoms with Gasteiger partial charge < -0.3 is 20.1 Å². The molecule has 1 aromatic heterocycles. The molecule has 2 N–H and O–H groups in total. The van der Waals surface area contributed by atoms with Crippen LogP contribution in [0.4, 0.5) is 0 Å². The van der Waals surface area contributed by atoms with Crippen LogP contribution in [0.25, 0.3) is 0 Å². The Morgan fingerprint density at radius 1 is 1.20 bits per heavy atom. The average Bonchev–Trinajstić information content (AvgIpc) is 3.19. The van der Waals surface area contributed by atoms with Gasteiger partial charge in [-0.05, 0) is 44.7 Å². The van der Waals surface area contributed by atoms with Crippen molar-refractivity contribution in [1.82, 2.24) is 15.6 Å². The third kappa shape index (κ3) is 5.17. The summed E-state index contributed by atoms with van der Waals surface area (Å²) in [6.45, 7) is 3.37. The molecule has 1 spiro atoms. The number of aromatic nitrogens is 1. The van der Waals surface area contributed by atoms with Gasteiger partial charge in [0.15, 0.2) is 5.96 Å². The van der Waals surface area contributed by atoms with Crippen molar-refractivity contribution < 1.29 is 9.47 Å².